The number of aromatic nitrogens is 1. The molecule has 5 heteroatoms. The molecule has 0 radical (unpaired) electrons. The van der Waals surface area contributed by atoms with Gasteiger partial charge < -0.3 is 14.6 Å². The first-order chi connectivity index (χ1) is 10.7. The van der Waals surface area contributed by atoms with E-state index in [1.54, 1.807) is 0 Å². The van der Waals surface area contributed by atoms with Crippen LogP contribution in [0.5, 0.6) is 0 Å². The molecule has 0 atom stereocenters. The molecule has 1 aliphatic heterocycles. The number of morpholine rings is 1. The number of H-pyrrole nitrogens is 1. The highest BCUT2D eigenvalue weighted by molar-refractivity contribution is 9.10. The lowest BCUT2D eigenvalue weighted by molar-refractivity contribution is 0.0303. The summed E-state index contributed by atoms with van der Waals surface area (Å²) in [5, 5.41) is 2.22. The Hall–Kier alpha value is -1.85. The van der Waals surface area contributed by atoms with Crippen LogP contribution in [0.4, 0.5) is 0 Å². The quantitative estimate of drug-likeness (QED) is 0.722. The molecule has 0 bridgehead atoms. The molecule has 4 nitrogen and oxygen atoms in total. The number of fused-ring (bicyclic) bond motifs is 3. The predicted molar refractivity (Wildman–Crippen MR) is 90.2 cm³/mol. The number of aromatic amines is 1. The zero-order chi connectivity index (χ0) is 15.1. The molecule has 1 N–H and O–H groups in total. The van der Waals surface area contributed by atoms with Crippen molar-refractivity contribution < 1.29 is 9.53 Å². The van der Waals surface area contributed by atoms with Crippen molar-refractivity contribution in [2.75, 3.05) is 26.3 Å². The number of halogens is 1. The second-order valence-corrected chi connectivity index (χ2v) is 6.40. The summed E-state index contributed by atoms with van der Waals surface area (Å²) in [4.78, 5) is 17.9. The Morgan fingerprint density at radius 1 is 1.05 bits per heavy atom. The van der Waals surface area contributed by atoms with Crippen molar-refractivity contribution in [3.63, 3.8) is 0 Å². The number of benzene rings is 2. The second-order valence-electron chi connectivity index (χ2n) is 5.48. The Labute approximate surface area is 136 Å². The van der Waals surface area contributed by atoms with Gasteiger partial charge in [-0.25, -0.2) is 0 Å². The average molecular weight is 359 g/mol. The van der Waals surface area contributed by atoms with Gasteiger partial charge >= 0.3 is 0 Å². The first-order valence-electron chi connectivity index (χ1n) is 7.30. The fourth-order valence-electron chi connectivity index (χ4n) is 2.96. The third-order valence-electron chi connectivity index (χ3n) is 4.11. The van der Waals surface area contributed by atoms with Crippen LogP contribution >= 0.6 is 15.9 Å². The van der Waals surface area contributed by atoms with Crippen LogP contribution in [0.1, 0.15) is 10.4 Å². The van der Waals surface area contributed by atoms with Crippen LogP contribution in [-0.4, -0.2) is 42.1 Å². The lowest BCUT2D eigenvalue weighted by atomic mass is 10.1. The van der Waals surface area contributed by atoms with Gasteiger partial charge in [0, 0.05) is 44.9 Å². The van der Waals surface area contributed by atoms with Gasteiger partial charge in [0.2, 0.25) is 0 Å². The molecular weight excluding hydrogens is 344 g/mol. The van der Waals surface area contributed by atoms with E-state index in [2.05, 4.69) is 33.0 Å². The van der Waals surface area contributed by atoms with Crippen molar-refractivity contribution in [2.45, 2.75) is 0 Å². The van der Waals surface area contributed by atoms with Gasteiger partial charge in [-0.3, -0.25) is 4.79 Å². The van der Waals surface area contributed by atoms with Gasteiger partial charge in [-0.2, -0.15) is 0 Å². The highest BCUT2D eigenvalue weighted by Gasteiger charge is 2.19. The van der Waals surface area contributed by atoms with Crippen LogP contribution in [0, 0.1) is 0 Å². The van der Waals surface area contributed by atoms with Crippen LogP contribution < -0.4 is 0 Å². The molecule has 2 aromatic carbocycles. The molecule has 1 aromatic heterocycles. The van der Waals surface area contributed by atoms with E-state index in [4.69, 9.17) is 4.74 Å². The number of nitrogens with zero attached hydrogens (tertiary/aromatic N) is 1. The fourth-order valence-corrected chi connectivity index (χ4v) is 3.32. The number of hydrogen-bond acceptors (Lipinski definition) is 2. The summed E-state index contributed by atoms with van der Waals surface area (Å²) >= 11 is 3.49. The van der Waals surface area contributed by atoms with Gasteiger partial charge in [0.05, 0.1) is 13.2 Å². The maximum atomic E-state index is 12.6. The van der Waals surface area contributed by atoms with Crippen molar-refractivity contribution in [1.82, 2.24) is 9.88 Å². The highest BCUT2D eigenvalue weighted by atomic mass is 79.9. The van der Waals surface area contributed by atoms with Gasteiger partial charge in [0.1, 0.15) is 0 Å². The molecule has 0 aliphatic carbocycles. The zero-order valence-corrected chi connectivity index (χ0v) is 13.5. The van der Waals surface area contributed by atoms with E-state index in [-0.39, 0.29) is 5.91 Å². The van der Waals surface area contributed by atoms with E-state index in [0.29, 0.717) is 26.3 Å². The third-order valence-corrected chi connectivity index (χ3v) is 4.60. The molecule has 1 saturated heterocycles. The normalized spacial score (nSPS) is 15.6. The first-order valence-corrected chi connectivity index (χ1v) is 8.10. The summed E-state index contributed by atoms with van der Waals surface area (Å²) in [5.74, 6) is 0.0802. The zero-order valence-electron chi connectivity index (χ0n) is 11.9. The minimum atomic E-state index is 0.0802. The summed E-state index contributed by atoms with van der Waals surface area (Å²) in [6, 6.07) is 12.0. The SMILES string of the molecule is O=C(c1ccc2[nH]c3cc(Br)ccc3c2c1)N1CCOCC1. The van der Waals surface area contributed by atoms with E-state index < -0.39 is 0 Å². The van der Waals surface area contributed by atoms with E-state index in [1.807, 2.05) is 29.2 Å². The lowest BCUT2D eigenvalue weighted by Gasteiger charge is -2.26. The molecule has 0 unspecified atom stereocenters. The number of hydrogen-bond donors (Lipinski definition) is 1. The topological polar surface area (TPSA) is 45.3 Å². The summed E-state index contributed by atoms with van der Waals surface area (Å²) in [7, 11) is 0. The molecule has 1 amide bonds. The molecule has 0 spiro atoms. The van der Waals surface area contributed by atoms with Crippen LogP contribution in [-0.2, 0) is 4.74 Å². The van der Waals surface area contributed by atoms with Crippen molar-refractivity contribution in [2.24, 2.45) is 0 Å². The molecule has 0 saturated carbocycles. The molecule has 4 rings (SSSR count). The molecule has 1 aliphatic rings. The maximum absolute atomic E-state index is 12.6. The van der Waals surface area contributed by atoms with Gasteiger partial charge in [0.15, 0.2) is 0 Å². The van der Waals surface area contributed by atoms with Gasteiger partial charge in [-0.15, -0.1) is 0 Å². The average Bonchev–Trinajstić information content (AvgIpc) is 2.91. The number of amides is 1. The Kier molecular flexibility index (Phi) is 3.39. The molecule has 3 aromatic rings. The number of rotatable bonds is 1. The standard InChI is InChI=1S/C17H15BrN2O2/c18-12-2-3-13-14-9-11(1-4-15(14)19-16(13)10-12)17(21)20-5-7-22-8-6-20/h1-4,9-10,19H,5-8H2. The van der Waals surface area contributed by atoms with Gasteiger partial charge in [0.25, 0.3) is 5.91 Å². The highest BCUT2D eigenvalue weighted by Crippen LogP contribution is 2.28. The largest absolute Gasteiger partial charge is 0.378 e. The van der Waals surface area contributed by atoms with Crippen LogP contribution in [0.15, 0.2) is 40.9 Å². The minimum Gasteiger partial charge on any atom is -0.378 e. The van der Waals surface area contributed by atoms with Crippen molar-refractivity contribution in [3.05, 3.63) is 46.4 Å². The third kappa shape index (κ3) is 2.30. The summed E-state index contributed by atoms with van der Waals surface area (Å²) in [6.07, 6.45) is 0. The summed E-state index contributed by atoms with van der Waals surface area (Å²) < 4.78 is 6.35. The lowest BCUT2D eigenvalue weighted by Crippen LogP contribution is -2.40. The predicted octanol–water partition coefficient (Wildman–Crippen LogP) is 3.56. The number of ether oxygens (including phenoxy) is 1. The van der Waals surface area contributed by atoms with E-state index >= 15 is 0 Å². The first kappa shape index (κ1) is 13.8. The molecular formula is C17H15BrN2O2. The summed E-state index contributed by atoms with van der Waals surface area (Å²) in [6.45, 7) is 2.57. The number of carbonyl (C=O) groups is 1. The Balaban J connectivity index is 1.79. The van der Waals surface area contributed by atoms with E-state index in [9.17, 15) is 4.79 Å². The Morgan fingerprint density at radius 2 is 1.86 bits per heavy atom. The number of nitrogens with one attached hydrogen (secondary N) is 1. The van der Waals surface area contributed by atoms with Gasteiger partial charge in [-0.1, -0.05) is 22.0 Å². The minimum absolute atomic E-state index is 0.0802. The molecule has 2 heterocycles. The Morgan fingerprint density at radius 3 is 2.68 bits per heavy atom. The van der Waals surface area contributed by atoms with Crippen molar-refractivity contribution in [3.8, 4) is 0 Å². The van der Waals surface area contributed by atoms with Crippen LogP contribution in [0.2, 0.25) is 0 Å². The van der Waals surface area contributed by atoms with E-state index in [1.165, 1.54) is 0 Å². The summed E-state index contributed by atoms with van der Waals surface area (Å²) in [5.41, 5.74) is 2.85. The monoisotopic (exact) mass is 358 g/mol. The molecule has 22 heavy (non-hydrogen) atoms. The van der Waals surface area contributed by atoms with Crippen molar-refractivity contribution in [1.29, 1.82) is 0 Å². The maximum Gasteiger partial charge on any atom is 0.254 e. The van der Waals surface area contributed by atoms with Crippen LogP contribution in [0.3, 0.4) is 0 Å². The molecule has 1 fully saturated rings. The van der Waals surface area contributed by atoms with Crippen LogP contribution in [0.25, 0.3) is 21.8 Å². The second kappa shape index (κ2) is 5.41. The Bertz CT molecular complexity index is 866. The van der Waals surface area contributed by atoms with Gasteiger partial charge in [-0.05, 0) is 30.3 Å². The number of carbonyl (C=O) groups excluding carboxylic acids is 1. The van der Waals surface area contributed by atoms with E-state index in [0.717, 1.165) is 31.8 Å². The molecule has 112 valence electrons. The fraction of sp³-hybridized carbons (Fsp3) is 0.235. The van der Waals surface area contributed by atoms with Crippen molar-refractivity contribution >= 4 is 43.6 Å². The smallest absolute Gasteiger partial charge is 0.254 e.